The zero-order chi connectivity index (χ0) is 13.1. The van der Waals surface area contributed by atoms with E-state index in [1.54, 1.807) is 11.8 Å². The number of aryl methyl sites for hydroxylation is 1. The van der Waals surface area contributed by atoms with Crippen LogP contribution in [-0.2, 0) is 0 Å². The number of thioether (sulfide) groups is 1. The van der Waals surface area contributed by atoms with Gasteiger partial charge in [-0.25, -0.2) is 0 Å². The quantitative estimate of drug-likeness (QED) is 0.600. The van der Waals surface area contributed by atoms with Crippen molar-refractivity contribution in [3.63, 3.8) is 0 Å². The third-order valence-electron chi connectivity index (χ3n) is 3.15. The molecular formula is C14H17N3OS. The topological polar surface area (TPSA) is 39.9 Å². The van der Waals surface area contributed by atoms with Crippen LogP contribution in [0, 0.1) is 6.92 Å². The minimum absolute atomic E-state index is 0.634. The van der Waals surface area contributed by atoms with Crippen molar-refractivity contribution in [2.24, 2.45) is 0 Å². The number of benzene rings is 1. The molecule has 0 N–H and O–H groups in total. The van der Waals surface area contributed by atoms with E-state index in [1.165, 1.54) is 18.4 Å². The van der Waals surface area contributed by atoms with Crippen LogP contribution >= 0.6 is 11.8 Å². The molecule has 3 rings (SSSR count). The molecule has 2 aromatic rings. The smallest absolute Gasteiger partial charge is 0.191 e. The lowest BCUT2D eigenvalue weighted by atomic mass is 10.2. The molecular weight excluding hydrogens is 258 g/mol. The average molecular weight is 275 g/mol. The first-order valence-corrected chi connectivity index (χ1v) is 7.54. The summed E-state index contributed by atoms with van der Waals surface area (Å²) >= 11 is 1.71. The minimum atomic E-state index is 0.634. The molecule has 0 bridgehead atoms. The molecule has 1 heterocycles. The van der Waals surface area contributed by atoms with Crippen molar-refractivity contribution in [1.29, 1.82) is 0 Å². The van der Waals surface area contributed by atoms with Gasteiger partial charge in [0.25, 0.3) is 0 Å². The van der Waals surface area contributed by atoms with Crippen LogP contribution in [0.3, 0.4) is 0 Å². The summed E-state index contributed by atoms with van der Waals surface area (Å²) in [7, 11) is 0. The van der Waals surface area contributed by atoms with Gasteiger partial charge in [-0.2, -0.15) is 0 Å². The first kappa shape index (κ1) is 12.5. The van der Waals surface area contributed by atoms with Gasteiger partial charge in [-0.05, 0) is 31.4 Å². The fraction of sp³-hybridized carbons (Fsp3) is 0.429. The Morgan fingerprint density at radius 2 is 2.21 bits per heavy atom. The molecule has 4 nitrogen and oxygen atoms in total. The third-order valence-corrected chi connectivity index (χ3v) is 4.07. The molecule has 1 fully saturated rings. The second kappa shape index (κ2) is 5.65. The highest BCUT2D eigenvalue weighted by Crippen LogP contribution is 2.37. The van der Waals surface area contributed by atoms with Crippen molar-refractivity contribution >= 4 is 11.8 Å². The monoisotopic (exact) mass is 275 g/mol. The number of hydrogen-bond donors (Lipinski definition) is 0. The molecule has 1 aliphatic carbocycles. The summed E-state index contributed by atoms with van der Waals surface area (Å²) < 4.78 is 7.95. The molecule has 100 valence electrons. The van der Waals surface area contributed by atoms with Crippen LogP contribution in [0.4, 0.5) is 0 Å². The lowest BCUT2D eigenvalue weighted by Crippen LogP contribution is -2.03. The number of rotatable bonds is 6. The van der Waals surface area contributed by atoms with Crippen LogP contribution < -0.4 is 4.74 Å². The van der Waals surface area contributed by atoms with Crippen molar-refractivity contribution in [1.82, 2.24) is 14.8 Å². The number of nitrogens with zero attached hydrogens (tertiary/aromatic N) is 3. The average Bonchev–Trinajstić information content (AvgIpc) is 3.16. The van der Waals surface area contributed by atoms with Crippen molar-refractivity contribution in [3.8, 4) is 5.75 Å². The van der Waals surface area contributed by atoms with Crippen LogP contribution in [0.5, 0.6) is 5.75 Å². The van der Waals surface area contributed by atoms with Crippen molar-refractivity contribution in [2.45, 2.75) is 31.0 Å². The fourth-order valence-electron chi connectivity index (χ4n) is 1.94. The molecule has 5 heteroatoms. The summed E-state index contributed by atoms with van der Waals surface area (Å²) in [5.74, 6) is 1.85. The van der Waals surface area contributed by atoms with E-state index in [0.29, 0.717) is 12.6 Å². The van der Waals surface area contributed by atoms with Gasteiger partial charge < -0.3 is 9.30 Å². The van der Waals surface area contributed by atoms with E-state index < -0.39 is 0 Å². The van der Waals surface area contributed by atoms with Crippen LogP contribution in [0.1, 0.15) is 24.4 Å². The van der Waals surface area contributed by atoms with Crippen molar-refractivity contribution in [3.05, 3.63) is 36.2 Å². The highest BCUT2D eigenvalue weighted by atomic mass is 32.2. The van der Waals surface area contributed by atoms with Crippen LogP contribution in [0.15, 0.2) is 35.7 Å². The summed E-state index contributed by atoms with van der Waals surface area (Å²) in [4.78, 5) is 0. The Labute approximate surface area is 117 Å². The lowest BCUT2D eigenvalue weighted by Gasteiger charge is -2.08. The number of aromatic nitrogens is 3. The van der Waals surface area contributed by atoms with Gasteiger partial charge in [0.15, 0.2) is 5.16 Å². The third kappa shape index (κ3) is 3.10. The standard InChI is InChI=1S/C14H17N3OS/c1-11-4-2-3-5-13(11)18-8-9-19-14-16-15-10-17(14)12-6-7-12/h2-5,10,12H,6-9H2,1H3. The molecule has 0 unspecified atom stereocenters. The Morgan fingerprint density at radius 1 is 1.37 bits per heavy atom. The molecule has 1 saturated carbocycles. The van der Waals surface area contributed by atoms with E-state index >= 15 is 0 Å². The Hall–Kier alpha value is -1.49. The summed E-state index contributed by atoms with van der Waals surface area (Å²) in [6.07, 6.45) is 4.35. The Morgan fingerprint density at radius 3 is 3.00 bits per heavy atom. The Kier molecular flexibility index (Phi) is 3.73. The minimum Gasteiger partial charge on any atom is -0.492 e. The van der Waals surface area contributed by atoms with Gasteiger partial charge >= 0.3 is 0 Å². The molecule has 0 aliphatic heterocycles. The highest BCUT2D eigenvalue weighted by Gasteiger charge is 2.26. The molecule has 1 aromatic carbocycles. The van der Waals surface area contributed by atoms with E-state index in [1.807, 2.05) is 24.5 Å². The van der Waals surface area contributed by atoms with E-state index in [9.17, 15) is 0 Å². The highest BCUT2D eigenvalue weighted by molar-refractivity contribution is 7.99. The summed E-state index contributed by atoms with van der Waals surface area (Å²) in [5, 5.41) is 9.16. The van der Waals surface area contributed by atoms with Gasteiger partial charge in [-0.1, -0.05) is 30.0 Å². The van der Waals surface area contributed by atoms with Gasteiger partial charge in [0.05, 0.1) is 6.61 Å². The van der Waals surface area contributed by atoms with Crippen molar-refractivity contribution in [2.75, 3.05) is 12.4 Å². The molecule has 19 heavy (non-hydrogen) atoms. The molecule has 0 saturated heterocycles. The molecule has 1 aromatic heterocycles. The van der Waals surface area contributed by atoms with Crippen molar-refractivity contribution < 1.29 is 4.74 Å². The maximum atomic E-state index is 5.77. The fourth-order valence-corrected chi connectivity index (χ4v) is 2.74. The summed E-state index contributed by atoms with van der Waals surface area (Å²) in [5.41, 5.74) is 1.17. The van der Waals surface area contributed by atoms with Gasteiger partial charge in [-0.15, -0.1) is 10.2 Å². The maximum Gasteiger partial charge on any atom is 0.191 e. The lowest BCUT2D eigenvalue weighted by molar-refractivity contribution is 0.341. The number of ether oxygens (including phenoxy) is 1. The summed E-state index contributed by atoms with van der Waals surface area (Å²) in [6.45, 7) is 2.75. The Balaban J connectivity index is 1.48. The number of para-hydroxylation sites is 1. The molecule has 0 atom stereocenters. The molecule has 1 aliphatic rings. The van der Waals surface area contributed by atoms with E-state index in [2.05, 4.69) is 27.8 Å². The predicted octanol–water partition coefficient (Wildman–Crippen LogP) is 3.09. The largest absolute Gasteiger partial charge is 0.492 e. The summed E-state index contributed by atoms with van der Waals surface area (Å²) in [6, 6.07) is 8.72. The first-order valence-electron chi connectivity index (χ1n) is 6.55. The van der Waals surface area contributed by atoms with Gasteiger partial charge in [0.2, 0.25) is 0 Å². The van der Waals surface area contributed by atoms with Gasteiger partial charge in [0.1, 0.15) is 12.1 Å². The van der Waals surface area contributed by atoms with E-state index in [0.717, 1.165) is 16.7 Å². The second-order valence-corrected chi connectivity index (χ2v) is 5.78. The maximum absolute atomic E-state index is 5.77. The zero-order valence-corrected chi connectivity index (χ0v) is 11.8. The van der Waals surface area contributed by atoms with Crippen LogP contribution in [-0.4, -0.2) is 27.1 Å². The first-order chi connectivity index (χ1) is 9.34. The SMILES string of the molecule is Cc1ccccc1OCCSc1nncn1C1CC1. The van der Waals surface area contributed by atoms with Crippen LogP contribution in [0.2, 0.25) is 0 Å². The molecule has 0 spiro atoms. The number of hydrogen-bond acceptors (Lipinski definition) is 4. The molecule has 0 radical (unpaired) electrons. The predicted molar refractivity (Wildman–Crippen MR) is 75.7 cm³/mol. The van der Waals surface area contributed by atoms with Gasteiger partial charge in [0, 0.05) is 11.8 Å². The normalized spacial score (nSPS) is 14.6. The van der Waals surface area contributed by atoms with Crippen LogP contribution in [0.25, 0.3) is 0 Å². The van der Waals surface area contributed by atoms with E-state index in [4.69, 9.17) is 4.74 Å². The molecule has 0 amide bonds. The van der Waals surface area contributed by atoms with Gasteiger partial charge in [-0.3, -0.25) is 0 Å². The second-order valence-electron chi connectivity index (χ2n) is 4.71. The van der Waals surface area contributed by atoms with E-state index in [-0.39, 0.29) is 0 Å². The Bertz CT molecular complexity index is 551. The zero-order valence-electron chi connectivity index (χ0n) is 11.0.